The summed E-state index contributed by atoms with van der Waals surface area (Å²) in [6, 6.07) is 8.24. The molecule has 2 aliphatic rings. The highest BCUT2D eigenvalue weighted by Crippen LogP contribution is 2.38. The molecule has 2 heterocycles. The lowest BCUT2D eigenvalue weighted by molar-refractivity contribution is 0.592. The number of nitrogens with one attached hydrogen (secondary N) is 2. The van der Waals surface area contributed by atoms with E-state index in [0.29, 0.717) is 23.2 Å². The second kappa shape index (κ2) is 9.69. The van der Waals surface area contributed by atoms with Gasteiger partial charge in [-0.2, -0.15) is 0 Å². The Morgan fingerprint density at radius 3 is 1.35 bits per heavy atom. The van der Waals surface area contributed by atoms with E-state index in [4.69, 9.17) is 0 Å². The quantitative estimate of drug-likeness (QED) is 0.400. The number of aromatic nitrogens is 2. The molecule has 1 aromatic carbocycles. The third-order valence-electron chi connectivity index (χ3n) is 7.37. The van der Waals surface area contributed by atoms with Crippen molar-refractivity contribution < 1.29 is 8.78 Å². The fraction of sp³-hybridized carbons (Fsp3) is 0.429. The Hall–Kier alpha value is -3.02. The molecule has 0 unspecified atom stereocenters. The minimum absolute atomic E-state index is 0.270. The van der Waals surface area contributed by atoms with Crippen LogP contribution in [-0.2, 0) is 0 Å². The van der Waals surface area contributed by atoms with Gasteiger partial charge in [0.25, 0.3) is 0 Å². The third-order valence-corrected chi connectivity index (χ3v) is 7.37. The first-order chi connectivity index (χ1) is 16.5. The minimum atomic E-state index is -0.416. The fourth-order valence-electron chi connectivity index (χ4n) is 5.42. The zero-order valence-corrected chi connectivity index (χ0v) is 19.9. The molecule has 34 heavy (non-hydrogen) atoms. The first-order valence-electron chi connectivity index (χ1n) is 12.5. The summed E-state index contributed by atoms with van der Waals surface area (Å²) in [5.41, 5.74) is 2.26. The molecule has 2 fully saturated rings. The number of hydrogen-bond donors (Lipinski definition) is 2. The number of pyridine rings is 2. The third kappa shape index (κ3) is 4.50. The number of anilines is 2. The Labute approximate surface area is 200 Å². The van der Waals surface area contributed by atoms with Crippen molar-refractivity contribution in [2.75, 3.05) is 10.6 Å². The Bertz CT molecular complexity index is 1030. The number of benzene rings is 1. The van der Waals surface area contributed by atoms with Crippen molar-refractivity contribution in [1.82, 2.24) is 9.97 Å². The van der Waals surface area contributed by atoms with E-state index in [-0.39, 0.29) is 22.3 Å². The molecule has 0 atom stereocenters. The predicted molar refractivity (Wildman–Crippen MR) is 134 cm³/mol. The van der Waals surface area contributed by atoms with Gasteiger partial charge in [0.2, 0.25) is 0 Å². The molecule has 4 nitrogen and oxygen atoms in total. The monoisotopic (exact) mass is 462 g/mol. The van der Waals surface area contributed by atoms with Gasteiger partial charge in [0, 0.05) is 46.7 Å². The van der Waals surface area contributed by atoms with Gasteiger partial charge in [-0.3, -0.25) is 0 Å². The molecular weight excluding hydrogens is 430 g/mol. The summed E-state index contributed by atoms with van der Waals surface area (Å²) < 4.78 is 31.2. The molecular formula is C28H32F2N4. The molecule has 2 aliphatic carbocycles. The number of hydrogen-bond acceptors (Lipinski definition) is 4. The summed E-state index contributed by atoms with van der Waals surface area (Å²) in [4.78, 5) is 8.95. The summed E-state index contributed by atoms with van der Waals surface area (Å²) in [5.74, 6) is 0.723. The molecule has 0 saturated heterocycles. The summed E-state index contributed by atoms with van der Waals surface area (Å²) in [6.07, 6.45) is 12.8. The van der Waals surface area contributed by atoms with Crippen LogP contribution in [0.25, 0.3) is 22.3 Å². The van der Waals surface area contributed by atoms with Crippen LogP contribution >= 0.6 is 0 Å². The smallest absolute Gasteiger partial charge is 0.135 e. The fourth-order valence-corrected chi connectivity index (χ4v) is 5.42. The Morgan fingerprint density at radius 1 is 0.647 bits per heavy atom. The van der Waals surface area contributed by atoms with Crippen LogP contribution in [0.2, 0.25) is 0 Å². The zero-order chi connectivity index (χ0) is 23.7. The predicted octanol–water partition coefficient (Wildman–Crippen LogP) is 7.41. The van der Waals surface area contributed by atoms with Crippen LogP contribution in [0.5, 0.6) is 0 Å². The number of nitrogens with zero attached hydrogens (tertiary/aromatic N) is 2. The van der Waals surface area contributed by atoms with E-state index >= 15 is 8.78 Å². The Balaban J connectivity index is 1.42. The highest BCUT2D eigenvalue weighted by Gasteiger charge is 2.23. The second-order valence-corrected chi connectivity index (χ2v) is 9.74. The molecule has 0 amide bonds. The van der Waals surface area contributed by atoms with Crippen molar-refractivity contribution in [3.05, 3.63) is 59.4 Å². The van der Waals surface area contributed by atoms with Crippen LogP contribution in [0.3, 0.4) is 0 Å². The van der Waals surface area contributed by atoms with E-state index < -0.39 is 11.6 Å². The van der Waals surface area contributed by atoms with Crippen molar-refractivity contribution in [3.8, 4) is 22.3 Å². The lowest BCUT2D eigenvalue weighted by atomic mass is 9.91. The van der Waals surface area contributed by atoms with Crippen molar-refractivity contribution in [2.45, 2.75) is 77.3 Å². The molecule has 2 saturated carbocycles. The topological polar surface area (TPSA) is 49.8 Å². The summed E-state index contributed by atoms with van der Waals surface area (Å²) in [7, 11) is 0. The molecule has 3 aromatic rings. The summed E-state index contributed by atoms with van der Waals surface area (Å²) >= 11 is 0. The van der Waals surface area contributed by atoms with Gasteiger partial charge in [-0.05, 0) is 74.9 Å². The van der Waals surface area contributed by atoms with E-state index in [1.54, 1.807) is 26.2 Å². The van der Waals surface area contributed by atoms with Crippen LogP contribution in [0.4, 0.5) is 20.4 Å². The number of rotatable bonds is 6. The Morgan fingerprint density at radius 2 is 1.03 bits per heavy atom. The van der Waals surface area contributed by atoms with Gasteiger partial charge in [-0.1, -0.05) is 25.7 Å². The van der Waals surface area contributed by atoms with E-state index in [9.17, 15) is 0 Å². The molecule has 0 spiro atoms. The molecule has 2 N–H and O–H groups in total. The first kappa shape index (κ1) is 22.8. The lowest BCUT2D eigenvalue weighted by Gasteiger charge is -2.18. The highest BCUT2D eigenvalue weighted by molar-refractivity contribution is 5.78. The van der Waals surface area contributed by atoms with Crippen LogP contribution in [-0.4, -0.2) is 22.1 Å². The molecule has 0 radical (unpaired) electrons. The van der Waals surface area contributed by atoms with Gasteiger partial charge in [0.15, 0.2) is 0 Å². The van der Waals surface area contributed by atoms with Crippen LogP contribution in [0.15, 0.2) is 36.7 Å². The average molecular weight is 463 g/mol. The van der Waals surface area contributed by atoms with E-state index in [2.05, 4.69) is 20.6 Å². The largest absolute Gasteiger partial charge is 0.367 e. The van der Waals surface area contributed by atoms with Crippen LogP contribution in [0.1, 0.15) is 62.5 Å². The molecule has 0 aliphatic heterocycles. The van der Waals surface area contributed by atoms with Gasteiger partial charge in [-0.25, -0.2) is 18.7 Å². The Kier molecular flexibility index (Phi) is 6.48. The first-order valence-corrected chi connectivity index (χ1v) is 12.5. The van der Waals surface area contributed by atoms with Gasteiger partial charge in [0.1, 0.15) is 23.3 Å². The zero-order valence-electron chi connectivity index (χ0n) is 19.9. The van der Waals surface area contributed by atoms with E-state index in [1.165, 1.54) is 25.7 Å². The maximum Gasteiger partial charge on any atom is 0.135 e. The molecule has 2 aromatic heterocycles. The SMILES string of the molecule is Cc1c(F)c(-c2ccc(NC3CCCC3)nc2)c(C)c(F)c1-c1ccc(NC2CCCC2)nc1. The molecule has 5 rings (SSSR count). The van der Waals surface area contributed by atoms with Gasteiger partial charge < -0.3 is 10.6 Å². The van der Waals surface area contributed by atoms with Crippen molar-refractivity contribution >= 4 is 11.6 Å². The van der Waals surface area contributed by atoms with Crippen LogP contribution < -0.4 is 10.6 Å². The minimum Gasteiger partial charge on any atom is -0.367 e. The summed E-state index contributed by atoms with van der Waals surface area (Å²) in [6.45, 7) is 3.26. The van der Waals surface area contributed by atoms with E-state index in [1.807, 2.05) is 24.3 Å². The van der Waals surface area contributed by atoms with Crippen molar-refractivity contribution in [1.29, 1.82) is 0 Å². The standard InChI is InChI=1S/C28H32F2N4/c1-17-25(19-11-13-23(31-15-19)33-21-7-3-4-8-21)28(30)18(2)26(27(17)29)20-12-14-24(32-16-20)34-22-9-5-6-10-22/h11-16,21-22H,3-10H2,1-2H3,(H,31,33)(H,32,34). The highest BCUT2D eigenvalue weighted by atomic mass is 19.1. The average Bonchev–Trinajstić information content (AvgIpc) is 3.55. The summed E-state index contributed by atoms with van der Waals surface area (Å²) in [5, 5.41) is 6.88. The molecule has 0 bridgehead atoms. The number of halogens is 2. The van der Waals surface area contributed by atoms with Crippen molar-refractivity contribution in [3.63, 3.8) is 0 Å². The maximum absolute atomic E-state index is 15.6. The van der Waals surface area contributed by atoms with Gasteiger partial charge in [-0.15, -0.1) is 0 Å². The second-order valence-electron chi connectivity index (χ2n) is 9.74. The molecule has 6 heteroatoms. The van der Waals surface area contributed by atoms with E-state index in [0.717, 1.165) is 37.3 Å². The van der Waals surface area contributed by atoms with Gasteiger partial charge >= 0.3 is 0 Å². The van der Waals surface area contributed by atoms with Crippen LogP contribution in [0, 0.1) is 25.5 Å². The lowest BCUT2D eigenvalue weighted by Crippen LogP contribution is -2.15. The van der Waals surface area contributed by atoms with Crippen molar-refractivity contribution in [2.24, 2.45) is 0 Å². The van der Waals surface area contributed by atoms with Gasteiger partial charge in [0.05, 0.1) is 0 Å². The molecule has 178 valence electrons. The maximum atomic E-state index is 15.6. The normalized spacial score (nSPS) is 16.8.